The molecule has 3 heteroatoms. The lowest BCUT2D eigenvalue weighted by Gasteiger charge is -2.14. The Balaban J connectivity index is 2.25. The highest BCUT2D eigenvalue weighted by molar-refractivity contribution is 5.80. The van der Waals surface area contributed by atoms with Crippen LogP contribution in [-0.2, 0) is 0 Å². The fourth-order valence-corrected chi connectivity index (χ4v) is 2.21. The molecule has 0 aliphatic heterocycles. The van der Waals surface area contributed by atoms with Crippen molar-refractivity contribution in [1.82, 2.24) is 5.43 Å². The van der Waals surface area contributed by atoms with E-state index in [0.29, 0.717) is 5.92 Å². The van der Waals surface area contributed by atoms with Crippen LogP contribution in [0, 0.1) is 12.8 Å². The Morgan fingerprint density at radius 2 is 2.06 bits per heavy atom. The molecule has 2 aromatic rings. The number of aryl methyl sites for hydroxylation is 1. The van der Waals surface area contributed by atoms with Gasteiger partial charge in [0, 0.05) is 5.39 Å². The maximum Gasteiger partial charge on any atom is 0.137 e. The zero-order chi connectivity index (χ0) is 13.1. The topological polar surface area (TPSA) is 51.2 Å². The molecule has 0 aliphatic carbocycles. The van der Waals surface area contributed by atoms with Gasteiger partial charge in [-0.05, 0) is 37.3 Å². The molecule has 3 nitrogen and oxygen atoms in total. The molecule has 0 saturated heterocycles. The van der Waals surface area contributed by atoms with Gasteiger partial charge in [0.05, 0.1) is 6.04 Å². The predicted molar refractivity (Wildman–Crippen MR) is 75.1 cm³/mol. The third kappa shape index (κ3) is 2.74. The van der Waals surface area contributed by atoms with Crippen molar-refractivity contribution in [2.75, 3.05) is 0 Å². The van der Waals surface area contributed by atoms with E-state index < -0.39 is 0 Å². The lowest BCUT2D eigenvalue weighted by molar-refractivity contribution is 0.387. The molecule has 0 radical (unpaired) electrons. The number of nitrogens with one attached hydrogen (secondary N) is 1. The molecule has 0 bridgehead atoms. The van der Waals surface area contributed by atoms with E-state index in [1.54, 1.807) is 0 Å². The maximum atomic E-state index is 5.94. The van der Waals surface area contributed by atoms with E-state index in [4.69, 9.17) is 10.3 Å². The van der Waals surface area contributed by atoms with E-state index in [1.807, 2.05) is 0 Å². The fourth-order valence-electron chi connectivity index (χ4n) is 2.21. The molecule has 0 fully saturated rings. The quantitative estimate of drug-likeness (QED) is 0.625. The van der Waals surface area contributed by atoms with E-state index in [-0.39, 0.29) is 6.04 Å². The Morgan fingerprint density at radius 1 is 1.28 bits per heavy atom. The third-order valence-electron chi connectivity index (χ3n) is 3.34. The van der Waals surface area contributed by atoms with E-state index in [0.717, 1.165) is 29.6 Å². The van der Waals surface area contributed by atoms with Gasteiger partial charge in [0.1, 0.15) is 11.3 Å². The van der Waals surface area contributed by atoms with Gasteiger partial charge < -0.3 is 4.42 Å². The van der Waals surface area contributed by atoms with E-state index >= 15 is 0 Å². The Kier molecular flexibility index (Phi) is 4.04. The SMILES string of the molecule is Cc1cccc2cc(C(CCC(C)C)NN)oc12. The number of hydrogen-bond acceptors (Lipinski definition) is 3. The molecular formula is C15H22N2O. The number of rotatable bonds is 5. The van der Waals surface area contributed by atoms with Crippen molar-refractivity contribution in [1.29, 1.82) is 0 Å². The van der Waals surface area contributed by atoms with Crippen LogP contribution < -0.4 is 11.3 Å². The van der Waals surface area contributed by atoms with Crippen molar-refractivity contribution in [3.8, 4) is 0 Å². The first-order valence-corrected chi connectivity index (χ1v) is 6.57. The average Bonchev–Trinajstić information content (AvgIpc) is 2.75. The highest BCUT2D eigenvalue weighted by Gasteiger charge is 2.16. The van der Waals surface area contributed by atoms with Crippen LogP contribution in [0.15, 0.2) is 28.7 Å². The number of benzene rings is 1. The maximum absolute atomic E-state index is 5.94. The largest absolute Gasteiger partial charge is 0.459 e. The molecule has 1 atom stereocenters. The van der Waals surface area contributed by atoms with Crippen LogP contribution in [-0.4, -0.2) is 0 Å². The number of nitrogens with two attached hydrogens (primary N) is 1. The van der Waals surface area contributed by atoms with Gasteiger partial charge in [0.2, 0.25) is 0 Å². The van der Waals surface area contributed by atoms with Crippen molar-refractivity contribution >= 4 is 11.0 Å². The zero-order valence-electron chi connectivity index (χ0n) is 11.4. The lowest BCUT2D eigenvalue weighted by Crippen LogP contribution is -2.27. The third-order valence-corrected chi connectivity index (χ3v) is 3.34. The Hall–Kier alpha value is -1.32. The van der Waals surface area contributed by atoms with Crippen LogP contribution in [0.5, 0.6) is 0 Å². The first kappa shape index (κ1) is 13.1. The summed E-state index contributed by atoms with van der Waals surface area (Å²) in [7, 11) is 0. The van der Waals surface area contributed by atoms with Gasteiger partial charge in [0.25, 0.3) is 0 Å². The number of para-hydroxylation sites is 1. The summed E-state index contributed by atoms with van der Waals surface area (Å²) in [4.78, 5) is 0. The molecule has 0 amide bonds. The summed E-state index contributed by atoms with van der Waals surface area (Å²) in [6.07, 6.45) is 2.12. The van der Waals surface area contributed by atoms with E-state index in [2.05, 4.69) is 50.5 Å². The molecule has 0 saturated carbocycles. The van der Waals surface area contributed by atoms with Crippen molar-refractivity contribution < 1.29 is 4.42 Å². The van der Waals surface area contributed by atoms with Crippen LogP contribution in [0.2, 0.25) is 0 Å². The minimum absolute atomic E-state index is 0.0965. The van der Waals surface area contributed by atoms with Gasteiger partial charge in [-0.3, -0.25) is 5.84 Å². The van der Waals surface area contributed by atoms with Gasteiger partial charge >= 0.3 is 0 Å². The summed E-state index contributed by atoms with van der Waals surface area (Å²) in [6.45, 7) is 6.50. The number of fused-ring (bicyclic) bond motifs is 1. The first-order chi connectivity index (χ1) is 8.61. The standard InChI is InChI=1S/C15H22N2O/c1-10(2)7-8-13(17-16)14-9-12-6-4-5-11(3)15(12)18-14/h4-6,9-10,13,17H,7-8,16H2,1-3H3. The van der Waals surface area contributed by atoms with Gasteiger partial charge in [-0.1, -0.05) is 32.0 Å². The normalized spacial score (nSPS) is 13.4. The summed E-state index contributed by atoms with van der Waals surface area (Å²) in [5.41, 5.74) is 5.00. The molecule has 0 spiro atoms. The van der Waals surface area contributed by atoms with Crippen LogP contribution >= 0.6 is 0 Å². The number of hydrogen-bond donors (Lipinski definition) is 2. The van der Waals surface area contributed by atoms with Crippen LogP contribution in [0.1, 0.15) is 44.1 Å². The van der Waals surface area contributed by atoms with Crippen molar-refractivity contribution in [3.63, 3.8) is 0 Å². The molecular weight excluding hydrogens is 224 g/mol. The molecule has 98 valence electrons. The second-order valence-corrected chi connectivity index (χ2v) is 5.33. The molecule has 1 aromatic heterocycles. The summed E-state index contributed by atoms with van der Waals surface area (Å²) < 4.78 is 5.94. The highest BCUT2D eigenvalue weighted by Crippen LogP contribution is 2.28. The predicted octanol–water partition coefficient (Wildman–Crippen LogP) is 3.68. The average molecular weight is 246 g/mol. The zero-order valence-corrected chi connectivity index (χ0v) is 11.4. The number of furan rings is 1. The van der Waals surface area contributed by atoms with Crippen LogP contribution in [0.3, 0.4) is 0 Å². The minimum Gasteiger partial charge on any atom is -0.459 e. The molecule has 1 unspecified atom stereocenters. The van der Waals surface area contributed by atoms with Crippen molar-refractivity contribution in [2.24, 2.45) is 11.8 Å². The number of hydrazine groups is 1. The van der Waals surface area contributed by atoms with Gasteiger partial charge in [-0.15, -0.1) is 0 Å². The van der Waals surface area contributed by atoms with E-state index in [1.165, 1.54) is 5.56 Å². The van der Waals surface area contributed by atoms with E-state index in [9.17, 15) is 0 Å². The molecule has 1 heterocycles. The fraction of sp³-hybridized carbons (Fsp3) is 0.467. The molecule has 0 aliphatic rings. The smallest absolute Gasteiger partial charge is 0.137 e. The minimum atomic E-state index is 0.0965. The highest BCUT2D eigenvalue weighted by atomic mass is 16.3. The lowest BCUT2D eigenvalue weighted by atomic mass is 10.0. The van der Waals surface area contributed by atoms with Gasteiger partial charge in [-0.25, -0.2) is 5.43 Å². The Labute approximate surface area is 108 Å². The summed E-state index contributed by atoms with van der Waals surface area (Å²) in [6, 6.07) is 8.38. The Morgan fingerprint density at radius 3 is 2.67 bits per heavy atom. The Bertz CT molecular complexity index is 516. The molecule has 18 heavy (non-hydrogen) atoms. The van der Waals surface area contributed by atoms with Gasteiger partial charge in [-0.2, -0.15) is 0 Å². The second-order valence-electron chi connectivity index (χ2n) is 5.33. The molecule has 3 N–H and O–H groups in total. The molecule has 1 aromatic carbocycles. The van der Waals surface area contributed by atoms with Crippen LogP contribution in [0.4, 0.5) is 0 Å². The molecule has 2 rings (SSSR count). The van der Waals surface area contributed by atoms with Crippen LogP contribution in [0.25, 0.3) is 11.0 Å². The van der Waals surface area contributed by atoms with Crippen molar-refractivity contribution in [2.45, 2.75) is 39.7 Å². The first-order valence-electron chi connectivity index (χ1n) is 6.57. The summed E-state index contributed by atoms with van der Waals surface area (Å²) >= 11 is 0. The second kappa shape index (κ2) is 5.55. The summed E-state index contributed by atoms with van der Waals surface area (Å²) in [5, 5.41) is 1.15. The van der Waals surface area contributed by atoms with Crippen molar-refractivity contribution in [3.05, 3.63) is 35.6 Å². The monoisotopic (exact) mass is 246 g/mol. The van der Waals surface area contributed by atoms with Gasteiger partial charge in [0.15, 0.2) is 0 Å². The summed E-state index contributed by atoms with van der Waals surface area (Å²) in [5.74, 6) is 7.25.